The molecule has 0 N–H and O–H groups in total. The first-order valence-electron chi connectivity index (χ1n) is 8.55. The Morgan fingerprint density at radius 3 is 2.77 bits per heavy atom. The minimum Gasteiger partial charge on any atom is -0.497 e. The lowest BCUT2D eigenvalue weighted by Crippen LogP contribution is -2.19. The van der Waals surface area contributed by atoms with E-state index in [1.54, 1.807) is 43.5 Å². The molecule has 4 rings (SSSR count). The molecule has 1 fully saturated rings. The van der Waals surface area contributed by atoms with Crippen molar-refractivity contribution < 1.29 is 23.7 Å². The summed E-state index contributed by atoms with van der Waals surface area (Å²) in [4.78, 5) is 12.4. The van der Waals surface area contributed by atoms with Crippen LogP contribution in [0, 0.1) is 6.92 Å². The van der Waals surface area contributed by atoms with Crippen molar-refractivity contribution in [2.75, 3.05) is 20.3 Å². The maximum atomic E-state index is 12.4. The minimum absolute atomic E-state index is 0.0255. The lowest BCUT2D eigenvalue weighted by Gasteiger charge is -2.16. The summed E-state index contributed by atoms with van der Waals surface area (Å²) in [6.45, 7) is 3.02. The van der Waals surface area contributed by atoms with Gasteiger partial charge in [0.15, 0.2) is 12.1 Å². The molecule has 2 aromatic rings. The van der Waals surface area contributed by atoms with Gasteiger partial charge in [-0.05, 0) is 60.5 Å². The highest BCUT2D eigenvalue weighted by atomic mass is 16.7. The fourth-order valence-electron chi connectivity index (χ4n) is 3.20. The summed E-state index contributed by atoms with van der Waals surface area (Å²) in [6, 6.07) is 11.0. The highest BCUT2D eigenvalue weighted by Gasteiger charge is 2.34. The molecule has 0 radical (unpaired) electrons. The van der Waals surface area contributed by atoms with Gasteiger partial charge >= 0.3 is 0 Å². The molecule has 2 aliphatic heterocycles. The summed E-state index contributed by atoms with van der Waals surface area (Å²) in [5.74, 6) is 1.47. The number of ether oxygens (including phenoxy) is 4. The van der Waals surface area contributed by atoms with E-state index in [2.05, 4.69) is 0 Å². The maximum Gasteiger partial charge on any atom is 0.188 e. The van der Waals surface area contributed by atoms with E-state index in [-0.39, 0.29) is 11.9 Å². The third-order valence-corrected chi connectivity index (χ3v) is 4.54. The van der Waals surface area contributed by atoms with Crippen LogP contribution in [-0.4, -0.2) is 32.2 Å². The molecule has 134 valence electrons. The number of carbonyl (C=O) groups excluding carboxylic acids is 1. The summed E-state index contributed by atoms with van der Waals surface area (Å²) in [6.07, 6.45) is 2.95. The van der Waals surface area contributed by atoms with Crippen molar-refractivity contribution in [2.45, 2.75) is 19.3 Å². The molecule has 2 atom stereocenters. The van der Waals surface area contributed by atoms with Gasteiger partial charge in [-0.1, -0.05) is 6.08 Å². The second-order valence-electron chi connectivity index (χ2n) is 6.42. The van der Waals surface area contributed by atoms with Gasteiger partial charge in [0, 0.05) is 5.56 Å². The highest BCUT2D eigenvalue weighted by Crippen LogP contribution is 2.39. The summed E-state index contributed by atoms with van der Waals surface area (Å²) in [7, 11) is 1.60. The number of rotatable bonds is 4. The van der Waals surface area contributed by atoms with Gasteiger partial charge in [-0.25, -0.2) is 0 Å². The molecule has 0 amide bonds. The van der Waals surface area contributed by atoms with E-state index in [0.717, 1.165) is 28.2 Å². The van der Waals surface area contributed by atoms with Gasteiger partial charge in [-0.2, -0.15) is 0 Å². The molecule has 2 aromatic carbocycles. The molecule has 0 saturated carbocycles. The van der Waals surface area contributed by atoms with Crippen LogP contribution in [0.25, 0.3) is 6.08 Å². The molecule has 1 saturated heterocycles. The van der Waals surface area contributed by atoms with E-state index in [4.69, 9.17) is 18.9 Å². The van der Waals surface area contributed by atoms with Gasteiger partial charge < -0.3 is 18.9 Å². The molecule has 2 aliphatic rings. The highest BCUT2D eigenvalue weighted by molar-refractivity contribution is 6.06. The molecule has 26 heavy (non-hydrogen) atoms. The average molecular weight is 352 g/mol. The zero-order valence-corrected chi connectivity index (χ0v) is 14.7. The van der Waals surface area contributed by atoms with Crippen molar-refractivity contribution in [1.82, 2.24) is 0 Å². The lowest BCUT2D eigenvalue weighted by atomic mass is 10.0. The lowest BCUT2D eigenvalue weighted by molar-refractivity contribution is -0.0579. The van der Waals surface area contributed by atoms with Crippen LogP contribution in [0.3, 0.4) is 0 Å². The average Bonchev–Trinajstić information content (AvgIpc) is 3.05. The summed E-state index contributed by atoms with van der Waals surface area (Å²) in [5, 5.41) is 0. The number of fused-ring (bicyclic) bond motifs is 4. The zero-order valence-electron chi connectivity index (χ0n) is 14.7. The summed E-state index contributed by atoms with van der Waals surface area (Å²) >= 11 is 0. The number of ketones is 1. The number of aryl methyl sites for hydroxylation is 1. The quantitative estimate of drug-likeness (QED) is 0.620. The second kappa shape index (κ2) is 6.94. The van der Waals surface area contributed by atoms with Crippen LogP contribution in [0.2, 0.25) is 0 Å². The van der Waals surface area contributed by atoms with Crippen LogP contribution in [-0.2, 0) is 9.47 Å². The zero-order chi connectivity index (χ0) is 18.1. The molecular weight excluding hydrogens is 332 g/mol. The number of carbonyl (C=O) groups is 1. The van der Waals surface area contributed by atoms with Gasteiger partial charge in [0.1, 0.15) is 24.2 Å². The van der Waals surface area contributed by atoms with Gasteiger partial charge in [0.2, 0.25) is 0 Å². The SMILES string of the molecule is COc1ccc(C(=O)/C=C/c2cc(C)c3c(c2)C2OCC(CO3)O2)cc1. The third-order valence-electron chi connectivity index (χ3n) is 4.54. The molecule has 2 heterocycles. The van der Waals surface area contributed by atoms with E-state index in [1.807, 2.05) is 19.1 Å². The fourth-order valence-corrected chi connectivity index (χ4v) is 3.20. The number of allylic oxidation sites excluding steroid dienone is 1. The summed E-state index contributed by atoms with van der Waals surface area (Å²) < 4.78 is 22.5. The van der Waals surface area contributed by atoms with Gasteiger partial charge in [0.05, 0.1) is 19.3 Å². The first-order valence-corrected chi connectivity index (χ1v) is 8.55. The normalized spacial score (nSPS) is 21.2. The van der Waals surface area contributed by atoms with Gasteiger partial charge in [0.25, 0.3) is 0 Å². The Bertz CT molecular complexity index is 853. The maximum absolute atomic E-state index is 12.4. The number of hydrogen-bond donors (Lipinski definition) is 0. The van der Waals surface area contributed by atoms with Crippen molar-refractivity contribution in [3.8, 4) is 11.5 Å². The van der Waals surface area contributed by atoms with Crippen molar-refractivity contribution in [2.24, 2.45) is 0 Å². The second-order valence-corrected chi connectivity index (χ2v) is 6.42. The third kappa shape index (κ3) is 3.23. The van der Waals surface area contributed by atoms with Gasteiger partial charge in [-0.15, -0.1) is 0 Å². The summed E-state index contributed by atoms with van der Waals surface area (Å²) in [5.41, 5.74) is 3.40. The predicted molar refractivity (Wildman–Crippen MR) is 96.6 cm³/mol. The van der Waals surface area contributed by atoms with E-state index in [1.165, 1.54) is 0 Å². The Morgan fingerprint density at radius 1 is 1.19 bits per heavy atom. The monoisotopic (exact) mass is 352 g/mol. The molecule has 0 spiro atoms. The largest absolute Gasteiger partial charge is 0.497 e. The molecule has 0 aliphatic carbocycles. The van der Waals surface area contributed by atoms with E-state index < -0.39 is 6.29 Å². The van der Waals surface area contributed by atoms with Crippen molar-refractivity contribution >= 4 is 11.9 Å². The standard InChI is InChI=1S/C21H20O5/c1-13-9-14(3-8-19(22)15-4-6-16(23-2)7-5-15)10-18-20(13)24-11-17-12-25-21(18)26-17/h3-10,17,21H,11-12H2,1-2H3/b8-3+. The Hall–Kier alpha value is -2.63. The van der Waals surface area contributed by atoms with E-state index in [0.29, 0.717) is 18.8 Å². The Kier molecular flexibility index (Phi) is 4.49. The van der Waals surface area contributed by atoms with Crippen LogP contribution in [0.1, 0.15) is 33.3 Å². The van der Waals surface area contributed by atoms with Crippen molar-refractivity contribution in [3.63, 3.8) is 0 Å². The first-order chi connectivity index (χ1) is 12.6. The van der Waals surface area contributed by atoms with Crippen molar-refractivity contribution in [1.29, 1.82) is 0 Å². The molecule has 5 heteroatoms. The number of hydrogen-bond acceptors (Lipinski definition) is 5. The molecule has 2 bridgehead atoms. The van der Waals surface area contributed by atoms with Crippen LogP contribution >= 0.6 is 0 Å². The van der Waals surface area contributed by atoms with Crippen LogP contribution in [0.4, 0.5) is 0 Å². The fraction of sp³-hybridized carbons (Fsp3) is 0.286. The Morgan fingerprint density at radius 2 is 2.00 bits per heavy atom. The predicted octanol–water partition coefficient (Wildman–Crippen LogP) is 3.71. The van der Waals surface area contributed by atoms with Crippen LogP contribution < -0.4 is 9.47 Å². The minimum atomic E-state index is -0.401. The van der Waals surface area contributed by atoms with Gasteiger partial charge in [-0.3, -0.25) is 4.79 Å². The first kappa shape index (κ1) is 16.8. The number of benzene rings is 2. The number of methoxy groups -OCH3 is 1. The molecule has 2 unspecified atom stereocenters. The molecule has 5 nitrogen and oxygen atoms in total. The van der Waals surface area contributed by atoms with Crippen molar-refractivity contribution in [3.05, 3.63) is 64.7 Å². The molecular formula is C21H20O5. The van der Waals surface area contributed by atoms with Crippen LogP contribution in [0.15, 0.2) is 42.5 Å². The van der Waals surface area contributed by atoms with E-state index in [9.17, 15) is 4.79 Å². The Labute approximate surface area is 152 Å². The van der Waals surface area contributed by atoms with E-state index >= 15 is 0 Å². The Balaban J connectivity index is 1.58. The smallest absolute Gasteiger partial charge is 0.188 e. The molecule has 0 aromatic heterocycles. The topological polar surface area (TPSA) is 54.0 Å². The van der Waals surface area contributed by atoms with Crippen LogP contribution in [0.5, 0.6) is 11.5 Å².